The average Bonchev–Trinajstić information content (AvgIpc) is 2.58. The predicted octanol–water partition coefficient (Wildman–Crippen LogP) is 3.76. The highest BCUT2D eigenvalue weighted by Gasteiger charge is 2.09. The minimum atomic E-state index is -0.900. The van der Waals surface area contributed by atoms with Crippen LogP contribution in [0.2, 0.25) is 0 Å². The summed E-state index contributed by atoms with van der Waals surface area (Å²) in [7, 11) is 1.64. The van der Waals surface area contributed by atoms with Crippen LogP contribution in [0.15, 0.2) is 48.5 Å². The van der Waals surface area contributed by atoms with Crippen LogP contribution in [-0.2, 0) is 4.79 Å². The highest BCUT2D eigenvalue weighted by atomic mass is 16.5. The van der Waals surface area contributed by atoms with Crippen LogP contribution in [0.5, 0.6) is 5.75 Å². The molecule has 2 aromatic carbocycles. The third-order valence-electron chi connectivity index (χ3n) is 3.54. The number of rotatable bonds is 7. The summed E-state index contributed by atoms with van der Waals surface area (Å²) in [5.74, 6) is -0.0788. The van der Waals surface area contributed by atoms with Crippen LogP contribution in [0.3, 0.4) is 0 Å². The second-order valence-electron chi connectivity index (χ2n) is 5.22. The molecule has 0 bridgehead atoms. The third kappa shape index (κ3) is 5.27. The Hall–Kier alpha value is -2.59. The van der Waals surface area contributed by atoms with E-state index in [-0.39, 0.29) is 12.8 Å². The lowest BCUT2D eigenvalue weighted by Crippen LogP contribution is -2.02. The van der Waals surface area contributed by atoms with Gasteiger partial charge in [-0.15, -0.1) is 0 Å². The summed E-state index contributed by atoms with van der Waals surface area (Å²) in [6, 6.07) is 15.2. The zero-order chi connectivity index (χ0) is 16.7. The van der Waals surface area contributed by atoms with Crippen LogP contribution in [-0.4, -0.2) is 23.3 Å². The lowest BCUT2D eigenvalue weighted by Gasteiger charge is -2.09. The molecular formula is C19H20O4. The molecular weight excluding hydrogens is 292 g/mol. The molecule has 1 unspecified atom stereocenters. The summed E-state index contributed by atoms with van der Waals surface area (Å²) in [4.78, 5) is 10.5. The maximum Gasteiger partial charge on any atom is 0.303 e. The number of carboxylic acid groups (broad SMARTS) is 1. The van der Waals surface area contributed by atoms with E-state index in [1.165, 1.54) is 0 Å². The predicted molar refractivity (Wildman–Crippen MR) is 90.2 cm³/mol. The van der Waals surface area contributed by atoms with Crippen molar-refractivity contribution in [3.8, 4) is 5.75 Å². The number of aliphatic hydroxyl groups is 1. The van der Waals surface area contributed by atoms with E-state index in [0.717, 1.165) is 22.4 Å². The maximum atomic E-state index is 10.5. The summed E-state index contributed by atoms with van der Waals surface area (Å²) in [6.07, 6.45) is 3.41. The zero-order valence-corrected chi connectivity index (χ0v) is 13.0. The number of ether oxygens (including phenoxy) is 1. The van der Waals surface area contributed by atoms with Crippen LogP contribution in [0, 0.1) is 0 Å². The Bertz CT molecular complexity index is 657. The molecule has 0 aliphatic rings. The van der Waals surface area contributed by atoms with Gasteiger partial charge in [-0.05, 0) is 35.2 Å². The minimum Gasteiger partial charge on any atom is -0.497 e. The van der Waals surface area contributed by atoms with Gasteiger partial charge >= 0.3 is 5.97 Å². The van der Waals surface area contributed by atoms with Gasteiger partial charge in [-0.2, -0.15) is 0 Å². The fourth-order valence-corrected chi connectivity index (χ4v) is 2.16. The van der Waals surface area contributed by atoms with Crippen molar-refractivity contribution in [2.24, 2.45) is 0 Å². The first kappa shape index (κ1) is 16.8. The van der Waals surface area contributed by atoms with E-state index in [9.17, 15) is 9.90 Å². The molecule has 2 N–H and O–H groups in total. The van der Waals surface area contributed by atoms with Gasteiger partial charge in [0.25, 0.3) is 0 Å². The minimum absolute atomic E-state index is 0.0414. The molecule has 0 aliphatic carbocycles. The van der Waals surface area contributed by atoms with E-state index in [4.69, 9.17) is 9.84 Å². The lowest BCUT2D eigenvalue weighted by molar-refractivity contribution is -0.137. The molecule has 0 amide bonds. The van der Waals surface area contributed by atoms with Gasteiger partial charge in [0.15, 0.2) is 0 Å². The molecule has 0 aromatic heterocycles. The van der Waals surface area contributed by atoms with E-state index in [2.05, 4.69) is 0 Å². The van der Waals surface area contributed by atoms with E-state index < -0.39 is 12.1 Å². The van der Waals surface area contributed by atoms with Crippen molar-refractivity contribution in [1.82, 2.24) is 0 Å². The molecule has 0 saturated carbocycles. The molecule has 0 spiro atoms. The van der Waals surface area contributed by atoms with Gasteiger partial charge in [0.05, 0.1) is 13.2 Å². The van der Waals surface area contributed by atoms with Crippen molar-refractivity contribution in [2.45, 2.75) is 18.9 Å². The third-order valence-corrected chi connectivity index (χ3v) is 3.54. The van der Waals surface area contributed by atoms with Gasteiger partial charge in [0.1, 0.15) is 5.75 Å². The number of aliphatic hydroxyl groups excluding tert-OH is 1. The largest absolute Gasteiger partial charge is 0.497 e. The average molecular weight is 312 g/mol. The van der Waals surface area contributed by atoms with Crippen LogP contribution in [0.25, 0.3) is 12.2 Å². The second kappa shape index (κ2) is 8.15. The summed E-state index contributed by atoms with van der Waals surface area (Å²) < 4.78 is 5.12. The van der Waals surface area contributed by atoms with E-state index in [1.54, 1.807) is 7.11 Å². The van der Waals surface area contributed by atoms with Gasteiger partial charge < -0.3 is 14.9 Å². The van der Waals surface area contributed by atoms with Crippen LogP contribution in [0.4, 0.5) is 0 Å². The summed E-state index contributed by atoms with van der Waals surface area (Å²) >= 11 is 0. The quantitative estimate of drug-likeness (QED) is 0.764. The van der Waals surface area contributed by atoms with Crippen molar-refractivity contribution in [1.29, 1.82) is 0 Å². The maximum absolute atomic E-state index is 10.5. The summed E-state index contributed by atoms with van der Waals surface area (Å²) in [5.41, 5.74) is 2.80. The van der Waals surface area contributed by atoms with Gasteiger partial charge in [-0.3, -0.25) is 4.79 Å². The topological polar surface area (TPSA) is 66.8 Å². The Morgan fingerprint density at radius 1 is 1.04 bits per heavy atom. The first-order chi connectivity index (χ1) is 11.1. The highest BCUT2D eigenvalue weighted by molar-refractivity contribution is 5.70. The van der Waals surface area contributed by atoms with Gasteiger partial charge in [-0.1, -0.05) is 48.6 Å². The van der Waals surface area contributed by atoms with Crippen LogP contribution < -0.4 is 4.74 Å². The zero-order valence-electron chi connectivity index (χ0n) is 13.0. The highest BCUT2D eigenvalue weighted by Crippen LogP contribution is 2.20. The Labute approximate surface area is 135 Å². The molecule has 0 saturated heterocycles. The van der Waals surface area contributed by atoms with Gasteiger partial charge in [-0.25, -0.2) is 0 Å². The molecule has 0 aliphatic heterocycles. The lowest BCUT2D eigenvalue weighted by atomic mass is 10.0. The number of hydrogen-bond acceptors (Lipinski definition) is 3. The van der Waals surface area contributed by atoms with Crippen LogP contribution in [0.1, 0.15) is 35.6 Å². The fourth-order valence-electron chi connectivity index (χ4n) is 2.16. The molecule has 0 heterocycles. The normalized spacial score (nSPS) is 12.3. The first-order valence-electron chi connectivity index (χ1n) is 7.40. The van der Waals surface area contributed by atoms with Crippen molar-refractivity contribution in [2.75, 3.05) is 7.11 Å². The molecule has 2 aromatic rings. The molecule has 0 radical (unpaired) electrons. The van der Waals surface area contributed by atoms with Gasteiger partial charge in [0.2, 0.25) is 0 Å². The Morgan fingerprint density at radius 3 is 2.04 bits per heavy atom. The molecule has 4 nitrogen and oxygen atoms in total. The number of benzene rings is 2. The molecule has 120 valence electrons. The van der Waals surface area contributed by atoms with E-state index >= 15 is 0 Å². The fraction of sp³-hybridized carbons (Fsp3) is 0.211. The van der Waals surface area contributed by atoms with Crippen molar-refractivity contribution >= 4 is 18.1 Å². The number of carbonyl (C=O) groups is 1. The smallest absolute Gasteiger partial charge is 0.303 e. The number of hydrogen-bond donors (Lipinski definition) is 2. The molecule has 23 heavy (non-hydrogen) atoms. The first-order valence-corrected chi connectivity index (χ1v) is 7.40. The Morgan fingerprint density at radius 2 is 1.57 bits per heavy atom. The molecule has 0 fully saturated rings. The number of carboxylic acids is 1. The second-order valence-corrected chi connectivity index (χ2v) is 5.22. The molecule has 2 rings (SSSR count). The number of methoxy groups -OCH3 is 1. The molecule has 4 heteroatoms. The Kier molecular flexibility index (Phi) is 5.94. The number of aliphatic carboxylic acids is 1. The SMILES string of the molecule is COc1ccc(/C=C/c2ccc(C(O)CCC(=O)O)cc2)cc1. The standard InChI is InChI=1S/C19H20O4/c1-23-17-10-6-15(7-11-17)3-2-14-4-8-16(9-5-14)18(20)12-13-19(21)22/h2-11,18,20H,12-13H2,1H3,(H,21,22)/b3-2+. The van der Waals surface area contributed by atoms with Crippen molar-refractivity contribution < 1.29 is 19.7 Å². The van der Waals surface area contributed by atoms with Gasteiger partial charge in [0, 0.05) is 6.42 Å². The van der Waals surface area contributed by atoms with E-state index in [0.29, 0.717) is 0 Å². The van der Waals surface area contributed by atoms with Crippen molar-refractivity contribution in [3.63, 3.8) is 0 Å². The van der Waals surface area contributed by atoms with Crippen molar-refractivity contribution in [3.05, 3.63) is 65.2 Å². The summed E-state index contributed by atoms with van der Waals surface area (Å²) in [6.45, 7) is 0. The molecule has 1 atom stereocenters. The van der Waals surface area contributed by atoms with E-state index in [1.807, 2.05) is 60.7 Å². The van der Waals surface area contributed by atoms with Crippen LogP contribution >= 0.6 is 0 Å². The summed E-state index contributed by atoms with van der Waals surface area (Å²) in [5, 5.41) is 18.6. The monoisotopic (exact) mass is 312 g/mol. The Balaban J connectivity index is 1.98.